The maximum absolute atomic E-state index is 5.23. The normalized spacial score (nSPS) is 11.1. The molecule has 2 nitrogen and oxygen atoms in total. The second-order valence-corrected chi connectivity index (χ2v) is 3.55. The minimum atomic E-state index is 0.504. The molecular weight excluding hydrogens is 174 g/mol. The van der Waals surface area contributed by atoms with Gasteiger partial charge in [0.25, 0.3) is 0 Å². The van der Waals surface area contributed by atoms with E-state index in [9.17, 15) is 0 Å². The highest BCUT2D eigenvalue weighted by atomic mass is 16.5. The van der Waals surface area contributed by atoms with Crippen LogP contribution in [0.2, 0.25) is 0 Å². The van der Waals surface area contributed by atoms with Crippen molar-refractivity contribution >= 4 is 6.21 Å². The minimum Gasteiger partial charge on any atom is -0.496 e. The molecule has 1 rings (SSSR count). The quantitative estimate of drug-likeness (QED) is 0.670. The lowest BCUT2D eigenvalue weighted by molar-refractivity contribution is 0.410. The Morgan fingerprint density at radius 2 is 2.07 bits per heavy atom. The zero-order valence-corrected chi connectivity index (χ0v) is 9.03. The molecule has 0 aliphatic rings. The van der Waals surface area contributed by atoms with Crippen molar-refractivity contribution in [2.75, 3.05) is 7.11 Å². The van der Waals surface area contributed by atoms with Crippen molar-refractivity contribution in [3.63, 3.8) is 0 Å². The number of aliphatic imine (C=N–C) groups is 1. The monoisotopic (exact) mass is 191 g/mol. The molecule has 1 aromatic rings. The topological polar surface area (TPSA) is 21.6 Å². The molecule has 2 heteroatoms. The first-order chi connectivity index (χ1) is 6.74. The van der Waals surface area contributed by atoms with E-state index in [1.165, 1.54) is 0 Å². The van der Waals surface area contributed by atoms with Crippen LogP contribution in [-0.2, 0) is 6.54 Å². The van der Waals surface area contributed by atoms with Gasteiger partial charge in [0.2, 0.25) is 0 Å². The Kier molecular flexibility index (Phi) is 4.17. The number of benzene rings is 1. The minimum absolute atomic E-state index is 0.504. The molecule has 0 heterocycles. The van der Waals surface area contributed by atoms with E-state index in [1.807, 2.05) is 30.5 Å². The van der Waals surface area contributed by atoms with E-state index in [2.05, 4.69) is 18.8 Å². The maximum atomic E-state index is 5.23. The standard InChI is InChI=1S/C12H17NO/c1-10(2)8-13-9-11-6-4-5-7-12(11)14-3/h4-8,10H,9H2,1-3H3. The molecule has 0 spiro atoms. The van der Waals surface area contributed by atoms with Crippen LogP contribution in [0, 0.1) is 5.92 Å². The van der Waals surface area contributed by atoms with Crippen molar-refractivity contribution < 1.29 is 4.74 Å². The number of methoxy groups -OCH3 is 1. The first kappa shape index (κ1) is 10.8. The molecule has 0 aliphatic heterocycles. The molecule has 1 aromatic carbocycles. The number of para-hydroxylation sites is 1. The Morgan fingerprint density at radius 1 is 1.36 bits per heavy atom. The summed E-state index contributed by atoms with van der Waals surface area (Å²) in [7, 11) is 1.69. The van der Waals surface area contributed by atoms with Crippen LogP contribution in [0.5, 0.6) is 5.75 Å². The molecule has 76 valence electrons. The smallest absolute Gasteiger partial charge is 0.123 e. The molecule has 0 amide bonds. The average molecular weight is 191 g/mol. The molecule has 0 atom stereocenters. The van der Waals surface area contributed by atoms with E-state index in [1.54, 1.807) is 7.11 Å². The van der Waals surface area contributed by atoms with Crippen molar-refractivity contribution in [3.8, 4) is 5.75 Å². The van der Waals surface area contributed by atoms with Crippen LogP contribution in [0.1, 0.15) is 19.4 Å². The molecule has 0 unspecified atom stereocenters. The summed E-state index contributed by atoms with van der Waals surface area (Å²) in [5.41, 5.74) is 1.13. The van der Waals surface area contributed by atoms with Crippen molar-refractivity contribution in [2.45, 2.75) is 20.4 Å². The number of hydrogen-bond donors (Lipinski definition) is 0. The van der Waals surface area contributed by atoms with Gasteiger partial charge in [0, 0.05) is 11.8 Å². The number of hydrogen-bond acceptors (Lipinski definition) is 2. The molecule has 0 saturated heterocycles. The van der Waals surface area contributed by atoms with Gasteiger partial charge in [-0.25, -0.2) is 0 Å². The van der Waals surface area contributed by atoms with Gasteiger partial charge < -0.3 is 4.74 Å². The lowest BCUT2D eigenvalue weighted by Crippen LogP contribution is -1.92. The molecule has 14 heavy (non-hydrogen) atoms. The highest BCUT2D eigenvalue weighted by Crippen LogP contribution is 2.17. The summed E-state index contributed by atoms with van der Waals surface area (Å²) in [6, 6.07) is 7.97. The number of nitrogens with zero attached hydrogens (tertiary/aromatic N) is 1. The first-order valence-electron chi connectivity index (χ1n) is 4.86. The van der Waals surface area contributed by atoms with Gasteiger partial charge in [-0.2, -0.15) is 0 Å². The fourth-order valence-corrected chi connectivity index (χ4v) is 1.20. The van der Waals surface area contributed by atoms with E-state index in [0.717, 1.165) is 11.3 Å². The lowest BCUT2D eigenvalue weighted by atomic mass is 10.2. The van der Waals surface area contributed by atoms with Gasteiger partial charge in [-0.1, -0.05) is 32.0 Å². The van der Waals surface area contributed by atoms with Gasteiger partial charge in [0.1, 0.15) is 5.75 Å². The number of ether oxygens (including phenoxy) is 1. The van der Waals surface area contributed by atoms with Crippen LogP contribution in [0.15, 0.2) is 29.3 Å². The highest BCUT2D eigenvalue weighted by Gasteiger charge is 1.98. The predicted molar refractivity (Wildman–Crippen MR) is 60.0 cm³/mol. The highest BCUT2D eigenvalue weighted by molar-refractivity contribution is 5.59. The fourth-order valence-electron chi connectivity index (χ4n) is 1.20. The molecule has 0 aromatic heterocycles. The summed E-state index contributed by atoms with van der Waals surface area (Å²) >= 11 is 0. The van der Waals surface area contributed by atoms with Gasteiger partial charge in [0.15, 0.2) is 0 Å². The summed E-state index contributed by atoms with van der Waals surface area (Å²) in [6.07, 6.45) is 1.96. The molecule has 0 radical (unpaired) electrons. The summed E-state index contributed by atoms with van der Waals surface area (Å²) in [5, 5.41) is 0. The van der Waals surface area contributed by atoms with Crippen LogP contribution in [0.25, 0.3) is 0 Å². The molecule has 0 saturated carbocycles. The van der Waals surface area contributed by atoms with Crippen LogP contribution < -0.4 is 4.74 Å². The average Bonchev–Trinajstić information content (AvgIpc) is 2.18. The second-order valence-electron chi connectivity index (χ2n) is 3.55. The SMILES string of the molecule is COc1ccccc1CN=CC(C)C. The summed E-state index contributed by atoms with van der Waals surface area (Å²) in [6.45, 7) is 4.93. The molecule has 0 fully saturated rings. The summed E-state index contributed by atoms with van der Waals surface area (Å²) in [5.74, 6) is 1.41. The van der Waals surface area contributed by atoms with Crippen molar-refractivity contribution in [2.24, 2.45) is 10.9 Å². The zero-order chi connectivity index (χ0) is 10.4. The third-order valence-electron chi connectivity index (χ3n) is 1.86. The molecular formula is C12H17NO. The van der Waals surface area contributed by atoms with Gasteiger partial charge >= 0.3 is 0 Å². The van der Waals surface area contributed by atoms with E-state index in [4.69, 9.17) is 4.74 Å². The van der Waals surface area contributed by atoms with Crippen molar-refractivity contribution in [1.82, 2.24) is 0 Å². The Bertz CT molecular complexity index is 305. The zero-order valence-electron chi connectivity index (χ0n) is 9.03. The van der Waals surface area contributed by atoms with Gasteiger partial charge in [0.05, 0.1) is 13.7 Å². The molecule has 0 N–H and O–H groups in total. The summed E-state index contributed by atoms with van der Waals surface area (Å²) < 4.78 is 5.23. The lowest BCUT2D eigenvalue weighted by Gasteiger charge is -2.05. The maximum Gasteiger partial charge on any atom is 0.123 e. The van der Waals surface area contributed by atoms with Crippen LogP contribution in [0.3, 0.4) is 0 Å². The van der Waals surface area contributed by atoms with Crippen LogP contribution in [0.4, 0.5) is 0 Å². The fraction of sp³-hybridized carbons (Fsp3) is 0.417. The molecule has 0 aliphatic carbocycles. The van der Waals surface area contributed by atoms with Gasteiger partial charge in [-0.05, 0) is 12.0 Å². The Morgan fingerprint density at radius 3 is 2.71 bits per heavy atom. The third-order valence-corrected chi connectivity index (χ3v) is 1.86. The van der Waals surface area contributed by atoms with Crippen molar-refractivity contribution in [3.05, 3.63) is 29.8 Å². The number of rotatable bonds is 4. The Hall–Kier alpha value is -1.31. The van der Waals surface area contributed by atoms with Crippen molar-refractivity contribution in [1.29, 1.82) is 0 Å². The summed E-state index contributed by atoms with van der Waals surface area (Å²) in [4.78, 5) is 4.34. The van der Waals surface area contributed by atoms with Crippen LogP contribution >= 0.6 is 0 Å². The third kappa shape index (κ3) is 3.21. The van der Waals surface area contributed by atoms with Crippen LogP contribution in [-0.4, -0.2) is 13.3 Å². The van der Waals surface area contributed by atoms with E-state index < -0.39 is 0 Å². The predicted octanol–water partition coefficient (Wildman–Crippen LogP) is 2.92. The van der Waals surface area contributed by atoms with Gasteiger partial charge in [-0.15, -0.1) is 0 Å². The Balaban J connectivity index is 2.66. The van der Waals surface area contributed by atoms with E-state index in [-0.39, 0.29) is 0 Å². The largest absolute Gasteiger partial charge is 0.496 e. The van der Waals surface area contributed by atoms with E-state index >= 15 is 0 Å². The molecule has 0 bridgehead atoms. The van der Waals surface area contributed by atoms with E-state index in [0.29, 0.717) is 12.5 Å². The second kappa shape index (κ2) is 5.43. The first-order valence-corrected chi connectivity index (χ1v) is 4.86. The Labute approximate surface area is 85.6 Å². The van der Waals surface area contributed by atoms with Gasteiger partial charge in [-0.3, -0.25) is 4.99 Å².